The summed E-state index contributed by atoms with van der Waals surface area (Å²) < 4.78 is 66.7. The van der Waals surface area contributed by atoms with Crippen molar-refractivity contribution in [3.63, 3.8) is 0 Å². The number of nitrogens with zero attached hydrogens (tertiary/aromatic N) is 1. The van der Waals surface area contributed by atoms with Crippen LogP contribution in [0.1, 0.15) is 0 Å². The summed E-state index contributed by atoms with van der Waals surface area (Å²) in [7, 11) is 0. The van der Waals surface area contributed by atoms with Gasteiger partial charge >= 0.3 is 5.69 Å². The van der Waals surface area contributed by atoms with Gasteiger partial charge in [0.25, 0.3) is 0 Å². The lowest BCUT2D eigenvalue weighted by Gasteiger charge is -2.06. The first-order valence-corrected chi connectivity index (χ1v) is 3.60. The summed E-state index contributed by atoms with van der Waals surface area (Å²) in [5.74, 6) is -10.5. The number of alkyl halides is 1. The Bertz CT molecular complexity index is 421. The molecule has 16 heavy (non-hydrogen) atoms. The van der Waals surface area contributed by atoms with E-state index in [9.17, 15) is 32.1 Å². The molecular weight excluding hydrogens is 241 g/mol. The number of rotatable bonds is 3. The van der Waals surface area contributed by atoms with Gasteiger partial charge in [0.15, 0.2) is 0 Å². The molecule has 9 heteroatoms. The van der Waals surface area contributed by atoms with E-state index >= 15 is 0 Å². The summed E-state index contributed by atoms with van der Waals surface area (Å²) in [4.78, 5) is 8.45. The molecule has 0 atom stereocenters. The second kappa shape index (κ2) is 4.29. The van der Waals surface area contributed by atoms with E-state index in [0.29, 0.717) is 0 Å². The number of halogens is 5. The van der Waals surface area contributed by atoms with Crippen LogP contribution in [0.4, 0.5) is 27.6 Å². The van der Waals surface area contributed by atoms with Gasteiger partial charge in [0.1, 0.15) is 0 Å². The summed E-state index contributed by atoms with van der Waals surface area (Å²) in [5.41, 5.74) is -2.00. The largest absolute Gasteiger partial charge is 0.457 e. The van der Waals surface area contributed by atoms with Gasteiger partial charge in [0.2, 0.25) is 35.9 Å². The van der Waals surface area contributed by atoms with Gasteiger partial charge in [-0.05, 0) is 0 Å². The first-order chi connectivity index (χ1) is 7.41. The predicted octanol–water partition coefficient (Wildman–Crippen LogP) is 2.46. The molecular formula is C7H2F5NO3. The minimum Gasteiger partial charge on any atom is -0.457 e. The van der Waals surface area contributed by atoms with E-state index in [1.807, 2.05) is 0 Å². The van der Waals surface area contributed by atoms with E-state index < -0.39 is 46.5 Å². The Morgan fingerprint density at radius 3 is 1.81 bits per heavy atom. The van der Waals surface area contributed by atoms with Crippen molar-refractivity contribution in [3.8, 4) is 5.75 Å². The lowest BCUT2D eigenvalue weighted by Crippen LogP contribution is -2.07. The molecule has 0 N–H and O–H groups in total. The zero-order valence-electron chi connectivity index (χ0n) is 7.27. The Labute approximate surface area is 84.4 Å². The van der Waals surface area contributed by atoms with Gasteiger partial charge in [0.05, 0.1) is 4.92 Å². The zero-order chi connectivity index (χ0) is 12.5. The number of nitro groups is 1. The van der Waals surface area contributed by atoms with E-state index in [1.54, 1.807) is 0 Å². The number of hydrogen-bond acceptors (Lipinski definition) is 3. The molecule has 0 spiro atoms. The Hall–Kier alpha value is -1.93. The highest BCUT2D eigenvalue weighted by molar-refractivity contribution is 5.42. The molecule has 1 aromatic rings. The fourth-order valence-electron chi connectivity index (χ4n) is 0.942. The molecule has 0 radical (unpaired) electrons. The third-order valence-corrected chi connectivity index (χ3v) is 1.58. The van der Waals surface area contributed by atoms with Gasteiger partial charge in [-0.2, -0.15) is 17.6 Å². The molecule has 0 bridgehead atoms. The van der Waals surface area contributed by atoms with Crippen LogP contribution in [-0.2, 0) is 0 Å². The molecule has 88 valence electrons. The van der Waals surface area contributed by atoms with Crippen LogP contribution < -0.4 is 4.74 Å². The summed E-state index contributed by atoms with van der Waals surface area (Å²) in [6.07, 6.45) is 0. The molecule has 0 aliphatic rings. The van der Waals surface area contributed by atoms with Crippen LogP contribution in [0.25, 0.3) is 0 Å². The first kappa shape index (κ1) is 12.1. The second-order valence-corrected chi connectivity index (χ2v) is 2.44. The molecule has 0 aliphatic heterocycles. The standard InChI is InChI=1S/C7H2F5NO3/c8-1-16-7-4(11)2(9)6(13(14)15)3(10)5(7)12/h1H2. The zero-order valence-corrected chi connectivity index (χ0v) is 7.27. The number of nitro benzene ring substituents is 1. The molecule has 1 aromatic carbocycles. The van der Waals surface area contributed by atoms with Crippen molar-refractivity contribution >= 4 is 5.69 Å². The maximum atomic E-state index is 12.9. The summed E-state index contributed by atoms with van der Waals surface area (Å²) >= 11 is 0. The fourth-order valence-corrected chi connectivity index (χ4v) is 0.942. The van der Waals surface area contributed by atoms with Gasteiger partial charge in [-0.25, -0.2) is 4.39 Å². The Balaban J connectivity index is 3.56. The highest BCUT2D eigenvalue weighted by Gasteiger charge is 2.33. The van der Waals surface area contributed by atoms with Crippen LogP contribution in [0.3, 0.4) is 0 Å². The molecule has 1 rings (SSSR count). The number of benzene rings is 1. The highest BCUT2D eigenvalue weighted by Crippen LogP contribution is 2.34. The van der Waals surface area contributed by atoms with Crippen molar-refractivity contribution in [1.29, 1.82) is 0 Å². The maximum absolute atomic E-state index is 12.9. The van der Waals surface area contributed by atoms with Crippen molar-refractivity contribution < 1.29 is 31.6 Å². The van der Waals surface area contributed by atoms with Gasteiger partial charge in [0, 0.05) is 0 Å². The van der Waals surface area contributed by atoms with Crippen LogP contribution in [0.5, 0.6) is 5.75 Å². The molecule has 0 saturated heterocycles. The highest BCUT2D eigenvalue weighted by atomic mass is 19.2. The van der Waals surface area contributed by atoms with Crippen molar-refractivity contribution in [2.75, 3.05) is 6.86 Å². The summed E-state index contributed by atoms with van der Waals surface area (Å²) in [5, 5.41) is 10.1. The average molecular weight is 243 g/mol. The molecule has 0 aromatic heterocycles. The van der Waals surface area contributed by atoms with Gasteiger partial charge < -0.3 is 4.74 Å². The Morgan fingerprint density at radius 2 is 1.50 bits per heavy atom. The summed E-state index contributed by atoms with van der Waals surface area (Å²) in [6.45, 7) is -1.75. The van der Waals surface area contributed by atoms with Gasteiger partial charge in [-0.15, -0.1) is 0 Å². The van der Waals surface area contributed by atoms with Crippen LogP contribution >= 0.6 is 0 Å². The van der Waals surface area contributed by atoms with Crippen molar-refractivity contribution in [2.45, 2.75) is 0 Å². The smallest absolute Gasteiger partial charge is 0.346 e. The van der Waals surface area contributed by atoms with Crippen LogP contribution in [0, 0.1) is 33.4 Å². The Kier molecular flexibility index (Phi) is 3.25. The SMILES string of the molecule is O=[N+]([O-])c1c(F)c(F)c(OCF)c(F)c1F. The normalized spacial score (nSPS) is 10.3. The molecule has 0 aliphatic carbocycles. The van der Waals surface area contributed by atoms with Crippen molar-refractivity contribution in [1.82, 2.24) is 0 Å². The number of hydrogen-bond donors (Lipinski definition) is 0. The molecule has 0 unspecified atom stereocenters. The quantitative estimate of drug-likeness (QED) is 0.354. The first-order valence-electron chi connectivity index (χ1n) is 3.60. The molecule has 4 nitrogen and oxygen atoms in total. The third-order valence-electron chi connectivity index (χ3n) is 1.58. The molecule has 0 fully saturated rings. The Morgan fingerprint density at radius 1 is 1.06 bits per heavy atom. The van der Waals surface area contributed by atoms with Crippen LogP contribution in [0.2, 0.25) is 0 Å². The monoisotopic (exact) mass is 243 g/mol. The lowest BCUT2D eigenvalue weighted by molar-refractivity contribution is -0.390. The minimum absolute atomic E-state index is 1.64. The number of ether oxygens (including phenoxy) is 1. The maximum Gasteiger partial charge on any atom is 0.346 e. The lowest BCUT2D eigenvalue weighted by atomic mass is 10.2. The minimum atomic E-state index is -2.26. The van der Waals surface area contributed by atoms with E-state index in [4.69, 9.17) is 0 Å². The second-order valence-electron chi connectivity index (χ2n) is 2.44. The van der Waals surface area contributed by atoms with E-state index in [-0.39, 0.29) is 0 Å². The summed E-state index contributed by atoms with van der Waals surface area (Å²) in [6, 6.07) is 0. The van der Waals surface area contributed by atoms with Crippen molar-refractivity contribution in [3.05, 3.63) is 33.4 Å². The van der Waals surface area contributed by atoms with Gasteiger partial charge in [-0.1, -0.05) is 0 Å². The van der Waals surface area contributed by atoms with E-state index in [2.05, 4.69) is 4.74 Å². The molecule has 0 saturated carbocycles. The predicted molar refractivity (Wildman–Crippen MR) is 39.5 cm³/mol. The topological polar surface area (TPSA) is 52.4 Å². The molecule has 0 amide bonds. The van der Waals surface area contributed by atoms with Crippen molar-refractivity contribution in [2.24, 2.45) is 0 Å². The van der Waals surface area contributed by atoms with Gasteiger partial charge in [-0.3, -0.25) is 10.1 Å². The van der Waals surface area contributed by atoms with E-state index in [1.165, 1.54) is 0 Å². The van der Waals surface area contributed by atoms with E-state index in [0.717, 1.165) is 0 Å². The van der Waals surface area contributed by atoms with Crippen LogP contribution in [0.15, 0.2) is 0 Å². The molecule has 0 heterocycles. The third kappa shape index (κ3) is 1.75. The van der Waals surface area contributed by atoms with Crippen LogP contribution in [-0.4, -0.2) is 11.8 Å². The average Bonchev–Trinajstić information content (AvgIpc) is 2.21. The fraction of sp³-hybridized carbons (Fsp3) is 0.143.